The molecule has 0 saturated heterocycles. The molecule has 2 nitrogen and oxygen atoms in total. The van der Waals surface area contributed by atoms with E-state index >= 15 is 0 Å². The molecule has 0 aliphatic rings. The molecule has 0 aliphatic heterocycles. The number of aromatic nitrogens is 1. The highest BCUT2D eigenvalue weighted by molar-refractivity contribution is 5.18. The number of hydrogen-bond acceptors (Lipinski definition) is 2. The van der Waals surface area contributed by atoms with E-state index in [1.165, 1.54) is 12.3 Å². The van der Waals surface area contributed by atoms with Crippen molar-refractivity contribution in [2.45, 2.75) is 13.3 Å². The number of halogens is 3. The fourth-order valence-corrected chi connectivity index (χ4v) is 0.683. The van der Waals surface area contributed by atoms with Crippen molar-refractivity contribution in [1.82, 2.24) is 4.98 Å². The molecule has 0 unspecified atom stereocenters. The lowest BCUT2D eigenvalue weighted by Crippen LogP contribution is -2.17. The van der Waals surface area contributed by atoms with Crippen molar-refractivity contribution >= 4 is 0 Å². The van der Waals surface area contributed by atoms with Crippen LogP contribution in [0.2, 0.25) is 0 Å². The van der Waals surface area contributed by atoms with Crippen LogP contribution in [0.3, 0.4) is 0 Å². The lowest BCUT2D eigenvalue weighted by atomic mass is 10.3. The first kappa shape index (κ1) is 8.83. The second kappa shape index (κ2) is 3.00. The largest absolute Gasteiger partial charge is 0.574 e. The summed E-state index contributed by atoms with van der Waals surface area (Å²) in [7, 11) is 0. The van der Waals surface area contributed by atoms with Crippen molar-refractivity contribution in [3.8, 4) is 5.88 Å². The first-order valence-electron chi connectivity index (χ1n) is 3.16. The molecule has 1 aromatic rings. The van der Waals surface area contributed by atoms with Gasteiger partial charge in [-0.3, -0.25) is 0 Å². The zero-order valence-electron chi connectivity index (χ0n) is 6.22. The van der Waals surface area contributed by atoms with Crippen LogP contribution in [0.15, 0.2) is 18.3 Å². The number of hydrogen-bond donors (Lipinski definition) is 0. The number of alkyl halides is 3. The summed E-state index contributed by atoms with van der Waals surface area (Å²) in [5, 5.41) is 0. The molecular weight excluding hydrogens is 171 g/mol. The molecule has 0 saturated carbocycles. The summed E-state index contributed by atoms with van der Waals surface area (Å²) >= 11 is 0. The fourth-order valence-electron chi connectivity index (χ4n) is 0.683. The lowest BCUT2D eigenvalue weighted by molar-refractivity contribution is -0.276. The van der Waals surface area contributed by atoms with Crippen molar-refractivity contribution in [3.63, 3.8) is 0 Å². The Hall–Kier alpha value is -1.26. The van der Waals surface area contributed by atoms with Gasteiger partial charge in [0, 0.05) is 12.3 Å². The molecule has 66 valence electrons. The quantitative estimate of drug-likeness (QED) is 0.656. The minimum Gasteiger partial charge on any atom is -0.388 e. The predicted octanol–water partition coefficient (Wildman–Crippen LogP) is 2.29. The summed E-state index contributed by atoms with van der Waals surface area (Å²) in [6.45, 7) is 1.66. The Morgan fingerprint density at radius 1 is 1.42 bits per heavy atom. The predicted molar refractivity (Wildman–Crippen MR) is 35.7 cm³/mol. The van der Waals surface area contributed by atoms with E-state index < -0.39 is 12.2 Å². The number of nitrogens with zero attached hydrogens (tertiary/aromatic N) is 1. The van der Waals surface area contributed by atoms with Gasteiger partial charge in [-0.1, -0.05) is 0 Å². The van der Waals surface area contributed by atoms with Gasteiger partial charge in [0.05, 0.1) is 0 Å². The normalized spacial score (nSPS) is 11.3. The molecule has 1 heterocycles. The van der Waals surface area contributed by atoms with Crippen molar-refractivity contribution in [1.29, 1.82) is 0 Å². The van der Waals surface area contributed by atoms with E-state index in [9.17, 15) is 13.2 Å². The molecule has 5 heteroatoms. The Balaban J connectivity index is 2.77. The third kappa shape index (κ3) is 2.77. The van der Waals surface area contributed by atoms with Crippen LogP contribution >= 0.6 is 0 Å². The van der Waals surface area contributed by atoms with E-state index in [2.05, 4.69) is 9.72 Å². The maximum atomic E-state index is 11.6. The molecule has 0 aromatic carbocycles. The molecule has 0 N–H and O–H groups in total. The van der Waals surface area contributed by atoms with Crippen LogP contribution in [-0.2, 0) is 0 Å². The first-order chi connectivity index (χ1) is 5.47. The van der Waals surface area contributed by atoms with Gasteiger partial charge in [0.15, 0.2) is 0 Å². The molecule has 1 aromatic heterocycles. The number of ether oxygens (including phenoxy) is 1. The van der Waals surface area contributed by atoms with E-state index in [-0.39, 0.29) is 0 Å². The van der Waals surface area contributed by atoms with Crippen LogP contribution in [0.4, 0.5) is 13.2 Å². The zero-order chi connectivity index (χ0) is 9.19. The van der Waals surface area contributed by atoms with Crippen molar-refractivity contribution in [3.05, 3.63) is 23.9 Å². The van der Waals surface area contributed by atoms with Gasteiger partial charge in [-0.05, 0) is 18.6 Å². The molecule has 12 heavy (non-hydrogen) atoms. The van der Waals surface area contributed by atoms with Gasteiger partial charge in [0.2, 0.25) is 5.88 Å². The molecule has 0 aliphatic carbocycles. The molecule has 0 fully saturated rings. The van der Waals surface area contributed by atoms with Crippen LogP contribution in [-0.4, -0.2) is 11.3 Å². The zero-order valence-corrected chi connectivity index (χ0v) is 6.22. The average molecular weight is 177 g/mol. The first-order valence-corrected chi connectivity index (χ1v) is 3.16. The summed E-state index contributed by atoms with van der Waals surface area (Å²) in [6, 6.07) is 2.80. The maximum Gasteiger partial charge on any atom is 0.574 e. The van der Waals surface area contributed by atoms with Gasteiger partial charge in [-0.25, -0.2) is 4.98 Å². The second-order valence-corrected chi connectivity index (χ2v) is 2.22. The molecule has 0 bridgehead atoms. The van der Waals surface area contributed by atoms with E-state index in [0.29, 0.717) is 5.56 Å². The summed E-state index contributed by atoms with van der Waals surface area (Å²) in [4.78, 5) is 3.38. The Morgan fingerprint density at radius 2 is 2.08 bits per heavy atom. The highest BCUT2D eigenvalue weighted by Crippen LogP contribution is 2.20. The van der Waals surface area contributed by atoms with Gasteiger partial charge >= 0.3 is 6.36 Å². The summed E-state index contributed by atoms with van der Waals surface area (Å²) in [5.74, 6) is -0.428. The van der Waals surface area contributed by atoms with Gasteiger partial charge in [-0.2, -0.15) is 0 Å². The molecule has 0 amide bonds. The third-order valence-electron chi connectivity index (χ3n) is 1.11. The SMILES string of the molecule is Cc1ccnc(OC(F)(F)F)c1. The Bertz CT molecular complexity index is 272. The molecule has 0 atom stereocenters. The van der Waals surface area contributed by atoms with Gasteiger partial charge < -0.3 is 4.74 Å². The van der Waals surface area contributed by atoms with Crippen molar-refractivity contribution in [2.75, 3.05) is 0 Å². The molecular formula is C7H6F3NO. The van der Waals surface area contributed by atoms with Crippen LogP contribution < -0.4 is 4.74 Å². The average Bonchev–Trinajstić information content (AvgIpc) is 1.82. The lowest BCUT2D eigenvalue weighted by Gasteiger charge is -2.07. The van der Waals surface area contributed by atoms with Gasteiger partial charge in [-0.15, -0.1) is 13.2 Å². The number of aryl methyl sites for hydroxylation is 1. The highest BCUT2D eigenvalue weighted by atomic mass is 19.4. The van der Waals surface area contributed by atoms with Crippen LogP contribution in [0.5, 0.6) is 5.88 Å². The van der Waals surface area contributed by atoms with Crippen LogP contribution in [0.1, 0.15) is 5.56 Å². The van der Waals surface area contributed by atoms with Crippen LogP contribution in [0, 0.1) is 6.92 Å². The minimum absolute atomic E-state index is 0.428. The molecule has 0 spiro atoms. The third-order valence-corrected chi connectivity index (χ3v) is 1.11. The van der Waals surface area contributed by atoms with Crippen molar-refractivity contribution < 1.29 is 17.9 Å². The number of rotatable bonds is 1. The van der Waals surface area contributed by atoms with Crippen LogP contribution in [0.25, 0.3) is 0 Å². The van der Waals surface area contributed by atoms with E-state index in [1.807, 2.05) is 0 Å². The minimum atomic E-state index is -4.67. The maximum absolute atomic E-state index is 11.6. The van der Waals surface area contributed by atoms with Gasteiger partial charge in [0.25, 0.3) is 0 Å². The topological polar surface area (TPSA) is 22.1 Å². The van der Waals surface area contributed by atoms with E-state index in [1.54, 1.807) is 13.0 Å². The van der Waals surface area contributed by atoms with Crippen molar-refractivity contribution in [2.24, 2.45) is 0 Å². The monoisotopic (exact) mass is 177 g/mol. The molecule has 1 rings (SSSR count). The van der Waals surface area contributed by atoms with E-state index in [4.69, 9.17) is 0 Å². The summed E-state index contributed by atoms with van der Waals surface area (Å²) < 4.78 is 38.4. The Kier molecular flexibility index (Phi) is 2.21. The van der Waals surface area contributed by atoms with E-state index in [0.717, 1.165) is 0 Å². The highest BCUT2D eigenvalue weighted by Gasteiger charge is 2.31. The smallest absolute Gasteiger partial charge is 0.388 e. The Morgan fingerprint density at radius 3 is 2.58 bits per heavy atom. The molecule has 0 radical (unpaired) electrons. The summed E-state index contributed by atoms with van der Waals surface area (Å²) in [5.41, 5.74) is 0.671. The Labute approximate surface area is 67.0 Å². The van der Waals surface area contributed by atoms with Gasteiger partial charge in [0.1, 0.15) is 0 Å². The number of pyridine rings is 1. The second-order valence-electron chi connectivity index (χ2n) is 2.22. The summed E-state index contributed by atoms with van der Waals surface area (Å²) in [6.07, 6.45) is -3.41. The fraction of sp³-hybridized carbons (Fsp3) is 0.286. The standard InChI is InChI=1S/C7H6F3NO/c1-5-2-3-11-6(4-5)12-7(8,9)10/h2-4H,1H3.